The standard InChI is InChI=1S/C15H13NO6/c1-19-12-5-3-9-7-11(22-14(9)15(12)20-2)8-10-4-6-13(21-10)16(17)18/h3-6,8H,7H2,1-2H3. The van der Waals surface area contributed by atoms with Gasteiger partial charge in [0.2, 0.25) is 5.75 Å². The average molecular weight is 303 g/mol. The van der Waals surface area contributed by atoms with E-state index in [2.05, 4.69) is 0 Å². The fourth-order valence-corrected chi connectivity index (χ4v) is 2.30. The molecule has 7 heteroatoms. The van der Waals surface area contributed by atoms with Crippen molar-refractivity contribution >= 4 is 12.0 Å². The third kappa shape index (κ3) is 2.37. The molecule has 0 spiro atoms. The minimum Gasteiger partial charge on any atom is -0.493 e. The van der Waals surface area contributed by atoms with Crippen LogP contribution in [0.4, 0.5) is 5.88 Å². The molecule has 1 aromatic carbocycles. The molecule has 0 amide bonds. The highest BCUT2D eigenvalue weighted by molar-refractivity contribution is 5.62. The maximum atomic E-state index is 10.6. The molecule has 2 heterocycles. The molecule has 114 valence electrons. The molecule has 7 nitrogen and oxygen atoms in total. The van der Waals surface area contributed by atoms with Crippen LogP contribution in [0.1, 0.15) is 11.3 Å². The van der Waals surface area contributed by atoms with Crippen molar-refractivity contribution in [3.8, 4) is 17.2 Å². The van der Waals surface area contributed by atoms with Gasteiger partial charge < -0.3 is 18.6 Å². The molecule has 1 aliphatic heterocycles. The average Bonchev–Trinajstić information content (AvgIpc) is 3.12. The van der Waals surface area contributed by atoms with E-state index in [1.807, 2.05) is 12.1 Å². The van der Waals surface area contributed by atoms with Crippen LogP contribution in [0.15, 0.2) is 34.4 Å². The Hall–Kier alpha value is -2.96. The normalized spacial score (nSPS) is 14.5. The van der Waals surface area contributed by atoms with Crippen LogP contribution in [0.3, 0.4) is 0 Å². The number of allylic oxidation sites excluding steroid dienone is 1. The van der Waals surface area contributed by atoms with Crippen molar-refractivity contribution in [1.82, 2.24) is 0 Å². The van der Waals surface area contributed by atoms with E-state index in [4.69, 9.17) is 18.6 Å². The van der Waals surface area contributed by atoms with Crippen LogP contribution in [0, 0.1) is 10.1 Å². The minimum atomic E-state index is -0.583. The summed E-state index contributed by atoms with van der Waals surface area (Å²) < 4.78 is 21.4. The van der Waals surface area contributed by atoms with E-state index in [0.29, 0.717) is 35.2 Å². The summed E-state index contributed by atoms with van der Waals surface area (Å²) in [5.41, 5.74) is 0.949. The number of nitrogens with zero attached hydrogens (tertiary/aromatic N) is 1. The molecule has 0 unspecified atom stereocenters. The van der Waals surface area contributed by atoms with E-state index < -0.39 is 4.92 Å². The van der Waals surface area contributed by atoms with Gasteiger partial charge in [0, 0.05) is 18.1 Å². The van der Waals surface area contributed by atoms with E-state index in [9.17, 15) is 10.1 Å². The molecule has 1 aliphatic rings. The van der Waals surface area contributed by atoms with Crippen molar-refractivity contribution in [1.29, 1.82) is 0 Å². The minimum absolute atomic E-state index is 0.304. The van der Waals surface area contributed by atoms with Gasteiger partial charge in [-0.3, -0.25) is 10.1 Å². The zero-order chi connectivity index (χ0) is 15.7. The lowest BCUT2D eigenvalue weighted by Crippen LogP contribution is -1.93. The Bertz CT molecular complexity index is 761. The summed E-state index contributed by atoms with van der Waals surface area (Å²) in [5.74, 6) is 2.37. The van der Waals surface area contributed by atoms with Crippen molar-refractivity contribution in [2.45, 2.75) is 6.42 Å². The predicted octanol–water partition coefficient (Wildman–Crippen LogP) is 3.18. The van der Waals surface area contributed by atoms with E-state index in [1.54, 1.807) is 20.3 Å². The van der Waals surface area contributed by atoms with Gasteiger partial charge in [-0.05, 0) is 12.1 Å². The van der Waals surface area contributed by atoms with Gasteiger partial charge in [-0.15, -0.1) is 0 Å². The van der Waals surface area contributed by atoms with Gasteiger partial charge in [-0.25, -0.2) is 0 Å². The molecule has 22 heavy (non-hydrogen) atoms. The smallest absolute Gasteiger partial charge is 0.433 e. The van der Waals surface area contributed by atoms with Crippen molar-refractivity contribution in [2.75, 3.05) is 14.2 Å². The van der Waals surface area contributed by atoms with E-state index in [1.165, 1.54) is 12.1 Å². The van der Waals surface area contributed by atoms with Crippen LogP contribution in [0.25, 0.3) is 6.08 Å². The second kappa shape index (κ2) is 5.44. The topological polar surface area (TPSA) is 84.0 Å². The van der Waals surface area contributed by atoms with Crippen LogP contribution in [0.2, 0.25) is 0 Å². The molecule has 0 saturated carbocycles. The summed E-state index contributed by atoms with van der Waals surface area (Å²) in [6, 6.07) is 6.53. The van der Waals surface area contributed by atoms with Crippen molar-refractivity contribution in [3.63, 3.8) is 0 Å². The number of hydrogen-bond donors (Lipinski definition) is 0. The van der Waals surface area contributed by atoms with Gasteiger partial charge in [0.05, 0.1) is 20.3 Å². The summed E-state index contributed by atoms with van der Waals surface area (Å²) in [5, 5.41) is 10.6. The molecular formula is C15H13NO6. The van der Waals surface area contributed by atoms with E-state index in [0.717, 1.165) is 5.56 Å². The van der Waals surface area contributed by atoms with E-state index >= 15 is 0 Å². The zero-order valence-electron chi connectivity index (χ0n) is 12.0. The zero-order valence-corrected chi connectivity index (χ0v) is 12.0. The van der Waals surface area contributed by atoms with Crippen molar-refractivity contribution < 1.29 is 23.6 Å². The van der Waals surface area contributed by atoms with Gasteiger partial charge in [-0.1, -0.05) is 6.07 Å². The third-order valence-corrected chi connectivity index (χ3v) is 3.28. The number of furan rings is 1. The molecule has 0 saturated heterocycles. The molecule has 0 radical (unpaired) electrons. The lowest BCUT2D eigenvalue weighted by atomic mass is 10.1. The first-order valence-corrected chi connectivity index (χ1v) is 6.49. The molecule has 1 aromatic heterocycles. The Morgan fingerprint density at radius 2 is 2.05 bits per heavy atom. The Balaban J connectivity index is 1.90. The monoisotopic (exact) mass is 303 g/mol. The number of hydrogen-bond acceptors (Lipinski definition) is 6. The van der Waals surface area contributed by atoms with Crippen LogP contribution in [0.5, 0.6) is 17.2 Å². The van der Waals surface area contributed by atoms with Gasteiger partial charge in [0.15, 0.2) is 11.5 Å². The fourth-order valence-electron chi connectivity index (χ4n) is 2.30. The lowest BCUT2D eigenvalue weighted by molar-refractivity contribution is -0.402. The summed E-state index contributed by atoms with van der Waals surface area (Å²) >= 11 is 0. The van der Waals surface area contributed by atoms with Crippen LogP contribution >= 0.6 is 0 Å². The summed E-state index contributed by atoms with van der Waals surface area (Å²) in [6.07, 6.45) is 2.17. The molecule has 0 N–H and O–H groups in total. The first-order chi connectivity index (χ1) is 10.6. The van der Waals surface area contributed by atoms with E-state index in [-0.39, 0.29) is 5.88 Å². The van der Waals surface area contributed by atoms with Crippen LogP contribution in [-0.2, 0) is 6.42 Å². The van der Waals surface area contributed by atoms with Crippen LogP contribution in [-0.4, -0.2) is 19.1 Å². The quantitative estimate of drug-likeness (QED) is 0.637. The Morgan fingerprint density at radius 1 is 1.23 bits per heavy atom. The van der Waals surface area contributed by atoms with Gasteiger partial charge >= 0.3 is 5.88 Å². The number of rotatable bonds is 4. The highest BCUT2D eigenvalue weighted by atomic mass is 16.6. The Labute approximate surface area is 125 Å². The van der Waals surface area contributed by atoms with Crippen LogP contribution < -0.4 is 14.2 Å². The number of methoxy groups -OCH3 is 2. The second-order valence-corrected chi connectivity index (χ2v) is 4.61. The number of fused-ring (bicyclic) bond motifs is 1. The highest BCUT2D eigenvalue weighted by Crippen LogP contribution is 2.45. The predicted molar refractivity (Wildman–Crippen MR) is 77.2 cm³/mol. The largest absolute Gasteiger partial charge is 0.493 e. The molecule has 2 aromatic rings. The molecule has 3 rings (SSSR count). The Morgan fingerprint density at radius 3 is 2.68 bits per heavy atom. The lowest BCUT2D eigenvalue weighted by Gasteiger charge is -2.10. The first-order valence-electron chi connectivity index (χ1n) is 6.49. The number of nitro groups is 1. The summed E-state index contributed by atoms with van der Waals surface area (Å²) in [7, 11) is 3.09. The first kappa shape index (κ1) is 14.0. The fraction of sp³-hybridized carbons (Fsp3) is 0.200. The molecule has 0 bridgehead atoms. The van der Waals surface area contributed by atoms with Crippen molar-refractivity contribution in [3.05, 3.63) is 51.5 Å². The molecule has 0 atom stereocenters. The third-order valence-electron chi connectivity index (χ3n) is 3.28. The Kier molecular flexibility index (Phi) is 3.46. The second-order valence-electron chi connectivity index (χ2n) is 4.61. The SMILES string of the molecule is COc1ccc2c(c1OC)OC(=Cc1ccc([N+](=O)[O-])o1)C2. The maximum absolute atomic E-state index is 10.6. The van der Waals surface area contributed by atoms with Gasteiger partial charge in [-0.2, -0.15) is 0 Å². The van der Waals surface area contributed by atoms with Crippen molar-refractivity contribution in [2.24, 2.45) is 0 Å². The van der Waals surface area contributed by atoms with Gasteiger partial charge in [0.1, 0.15) is 16.4 Å². The summed E-state index contributed by atoms with van der Waals surface area (Å²) in [6.45, 7) is 0. The molecule has 0 fully saturated rings. The number of ether oxygens (including phenoxy) is 3. The molecular weight excluding hydrogens is 290 g/mol. The maximum Gasteiger partial charge on any atom is 0.433 e. The number of benzene rings is 1. The highest BCUT2D eigenvalue weighted by Gasteiger charge is 2.25. The van der Waals surface area contributed by atoms with Gasteiger partial charge in [0.25, 0.3) is 0 Å². The summed E-state index contributed by atoms with van der Waals surface area (Å²) in [4.78, 5) is 10.0. The molecule has 0 aliphatic carbocycles.